The SMILES string of the molecule is CCC(=O)c1ccc(N2CC(CN)CC2=O)cc1. The van der Waals surface area contributed by atoms with Gasteiger partial charge in [0.2, 0.25) is 5.91 Å². The Morgan fingerprint density at radius 1 is 1.39 bits per heavy atom. The third-order valence-electron chi connectivity index (χ3n) is 3.36. The van der Waals surface area contributed by atoms with Crippen molar-refractivity contribution in [2.24, 2.45) is 11.7 Å². The fraction of sp³-hybridized carbons (Fsp3) is 0.429. The summed E-state index contributed by atoms with van der Waals surface area (Å²) in [6.45, 7) is 3.05. The zero-order chi connectivity index (χ0) is 13.1. The van der Waals surface area contributed by atoms with Gasteiger partial charge in [-0.25, -0.2) is 0 Å². The lowest BCUT2D eigenvalue weighted by Gasteiger charge is -2.16. The minimum absolute atomic E-state index is 0.111. The van der Waals surface area contributed by atoms with E-state index in [1.165, 1.54) is 0 Å². The summed E-state index contributed by atoms with van der Waals surface area (Å²) in [6, 6.07) is 7.23. The Hall–Kier alpha value is -1.68. The number of carbonyl (C=O) groups excluding carboxylic acids is 2. The van der Waals surface area contributed by atoms with E-state index in [1.54, 1.807) is 17.0 Å². The standard InChI is InChI=1S/C14H18N2O2/c1-2-13(17)11-3-5-12(6-4-11)16-9-10(8-15)7-14(16)18/h3-6,10H,2,7-9,15H2,1H3. The van der Waals surface area contributed by atoms with Crippen molar-refractivity contribution in [3.8, 4) is 0 Å². The highest BCUT2D eigenvalue weighted by atomic mass is 16.2. The molecule has 1 aromatic rings. The van der Waals surface area contributed by atoms with Crippen molar-refractivity contribution < 1.29 is 9.59 Å². The smallest absolute Gasteiger partial charge is 0.227 e. The summed E-state index contributed by atoms with van der Waals surface area (Å²) in [5, 5.41) is 0. The van der Waals surface area contributed by atoms with Crippen LogP contribution < -0.4 is 10.6 Å². The van der Waals surface area contributed by atoms with Gasteiger partial charge in [0.05, 0.1) is 0 Å². The molecule has 0 bridgehead atoms. The highest BCUT2D eigenvalue weighted by Gasteiger charge is 2.29. The van der Waals surface area contributed by atoms with Crippen LogP contribution in [0.25, 0.3) is 0 Å². The number of amides is 1. The van der Waals surface area contributed by atoms with E-state index in [2.05, 4.69) is 0 Å². The minimum atomic E-state index is 0.111. The summed E-state index contributed by atoms with van der Waals surface area (Å²) < 4.78 is 0. The molecule has 0 aliphatic carbocycles. The molecule has 1 atom stereocenters. The van der Waals surface area contributed by atoms with Crippen molar-refractivity contribution in [1.29, 1.82) is 0 Å². The van der Waals surface area contributed by atoms with Crippen LogP contribution in [0.3, 0.4) is 0 Å². The number of nitrogens with two attached hydrogens (primary N) is 1. The molecule has 18 heavy (non-hydrogen) atoms. The van der Waals surface area contributed by atoms with E-state index in [0.29, 0.717) is 31.5 Å². The lowest BCUT2D eigenvalue weighted by atomic mass is 10.1. The Kier molecular flexibility index (Phi) is 3.77. The first kappa shape index (κ1) is 12.8. The summed E-state index contributed by atoms with van der Waals surface area (Å²) >= 11 is 0. The van der Waals surface area contributed by atoms with Gasteiger partial charge in [0.1, 0.15) is 0 Å². The van der Waals surface area contributed by atoms with Crippen LogP contribution in [0.5, 0.6) is 0 Å². The van der Waals surface area contributed by atoms with E-state index in [0.717, 1.165) is 5.69 Å². The van der Waals surface area contributed by atoms with Gasteiger partial charge in [-0.2, -0.15) is 0 Å². The fourth-order valence-corrected chi connectivity index (χ4v) is 2.22. The summed E-state index contributed by atoms with van der Waals surface area (Å²) in [4.78, 5) is 25.1. The largest absolute Gasteiger partial charge is 0.330 e. The maximum Gasteiger partial charge on any atom is 0.227 e. The predicted molar refractivity (Wildman–Crippen MR) is 70.6 cm³/mol. The number of Topliss-reactive ketones (excluding diaryl/α,β-unsaturated/α-hetero) is 1. The van der Waals surface area contributed by atoms with Crippen LogP contribution in [0.4, 0.5) is 5.69 Å². The summed E-state index contributed by atoms with van der Waals surface area (Å²) in [5.41, 5.74) is 7.14. The first-order chi connectivity index (χ1) is 8.65. The van der Waals surface area contributed by atoms with Crippen molar-refractivity contribution >= 4 is 17.4 Å². The first-order valence-corrected chi connectivity index (χ1v) is 6.29. The molecular formula is C14H18N2O2. The second-order valence-electron chi connectivity index (χ2n) is 4.63. The van der Waals surface area contributed by atoms with Gasteiger partial charge >= 0.3 is 0 Å². The molecule has 1 fully saturated rings. The zero-order valence-electron chi connectivity index (χ0n) is 10.6. The number of nitrogens with zero attached hydrogens (tertiary/aromatic N) is 1. The van der Waals surface area contributed by atoms with Crippen LogP contribution >= 0.6 is 0 Å². The van der Waals surface area contributed by atoms with E-state index in [9.17, 15) is 9.59 Å². The second kappa shape index (κ2) is 5.31. The molecule has 2 rings (SSSR count). The van der Waals surface area contributed by atoms with Crippen LogP contribution in [0.15, 0.2) is 24.3 Å². The van der Waals surface area contributed by atoms with E-state index in [-0.39, 0.29) is 17.6 Å². The number of rotatable bonds is 4. The maximum atomic E-state index is 11.8. The van der Waals surface area contributed by atoms with E-state index in [4.69, 9.17) is 5.73 Å². The normalized spacial score (nSPS) is 19.3. The van der Waals surface area contributed by atoms with Gasteiger partial charge in [0, 0.05) is 30.6 Å². The summed E-state index contributed by atoms with van der Waals surface area (Å²) in [7, 11) is 0. The molecule has 1 heterocycles. The Bertz CT molecular complexity index is 453. The molecule has 1 unspecified atom stereocenters. The van der Waals surface area contributed by atoms with Crippen LogP contribution in [-0.4, -0.2) is 24.8 Å². The van der Waals surface area contributed by atoms with Gasteiger partial charge < -0.3 is 10.6 Å². The fourth-order valence-electron chi connectivity index (χ4n) is 2.22. The molecule has 0 radical (unpaired) electrons. The van der Waals surface area contributed by atoms with Gasteiger partial charge in [-0.3, -0.25) is 9.59 Å². The van der Waals surface area contributed by atoms with E-state index < -0.39 is 0 Å². The molecule has 4 heteroatoms. The molecule has 1 aliphatic heterocycles. The molecular weight excluding hydrogens is 228 g/mol. The van der Waals surface area contributed by atoms with Gasteiger partial charge in [0.25, 0.3) is 0 Å². The van der Waals surface area contributed by atoms with Crippen molar-refractivity contribution in [2.75, 3.05) is 18.0 Å². The molecule has 96 valence electrons. The quantitative estimate of drug-likeness (QED) is 0.821. The second-order valence-corrected chi connectivity index (χ2v) is 4.63. The molecule has 0 spiro atoms. The molecule has 2 N–H and O–H groups in total. The molecule has 1 aliphatic rings. The van der Waals surface area contributed by atoms with Crippen molar-refractivity contribution in [3.05, 3.63) is 29.8 Å². The number of hydrogen-bond donors (Lipinski definition) is 1. The van der Waals surface area contributed by atoms with Crippen LogP contribution in [-0.2, 0) is 4.79 Å². The first-order valence-electron chi connectivity index (χ1n) is 6.29. The Balaban J connectivity index is 2.15. The van der Waals surface area contributed by atoms with Gasteiger partial charge in [-0.1, -0.05) is 6.92 Å². The third kappa shape index (κ3) is 2.43. The monoisotopic (exact) mass is 246 g/mol. The van der Waals surface area contributed by atoms with Gasteiger partial charge in [-0.05, 0) is 36.7 Å². The lowest BCUT2D eigenvalue weighted by molar-refractivity contribution is -0.117. The predicted octanol–water partition coefficient (Wildman–Crippen LogP) is 1.59. The number of benzene rings is 1. The lowest BCUT2D eigenvalue weighted by Crippen LogP contribution is -2.25. The molecule has 1 aromatic carbocycles. The van der Waals surface area contributed by atoms with Crippen LogP contribution in [0.1, 0.15) is 30.1 Å². The van der Waals surface area contributed by atoms with Crippen LogP contribution in [0.2, 0.25) is 0 Å². The third-order valence-corrected chi connectivity index (χ3v) is 3.36. The van der Waals surface area contributed by atoms with Crippen molar-refractivity contribution in [1.82, 2.24) is 0 Å². The molecule has 0 saturated carbocycles. The Morgan fingerprint density at radius 2 is 2.06 bits per heavy atom. The van der Waals surface area contributed by atoms with Crippen molar-refractivity contribution in [2.45, 2.75) is 19.8 Å². The summed E-state index contributed by atoms with van der Waals surface area (Å²) in [5.74, 6) is 0.476. The van der Waals surface area contributed by atoms with E-state index in [1.807, 2.05) is 19.1 Å². The maximum absolute atomic E-state index is 11.8. The number of ketones is 1. The van der Waals surface area contributed by atoms with E-state index >= 15 is 0 Å². The average molecular weight is 246 g/mol. The number of anilines is 1. The molecule has 1 amide bonds. The minimum Gasteiger partial charge on any atom is -0.330 e. The number of hydrogen-bond acceptors (Lipinski definition) is 3. The van der Waals surface area contributed by atoms with Crippen molar-refractivity contribution in [3.63, 3.8) is 0 Å². The molecule has 4 nitrogen and oxygen atoms in total. The Morgan fingerprint density at radius 3 is 2.56 bits per heavy atom. The number of carbonyl (C=O) groups is 2. The zero-order valence-corrected chi connectivity index (χ0v) is 10.6. The highest BCUT2D eigenvalue weighted by molar-refractivity contribution is 5.98. The van der Waals surface area contributed by atoms with Gasteiger partial charge in [0.15, 0.2) is 5.78 Å². The van der Waals surface area contributed by atoms with Crippen LogP contribution in [0, 0.1) is 5.92 Å². The molecule has 1 saturated heterocycles. The highest BCUT2D eigenvalue weighted by Crippen LogP contribution is 2.24. The summed E-state index contributed by atoms with van der Waals surface area (Å²) in [6.07, 6.45) is 1.02. The molecule has 0 aromatic heterocycles. The topological polar surface area (TPSA) is 63.4 Å². The average Bonchev–Trinajstić information content (AvgIpc) is 2.79. The van der Waals surface area contributed by atoms with Gasteiger partial charge in [-0.15, -0.1) is 0 Å². The Labute approximate surface area is 107 Å².